The van der Waals surface area contributed by atoms with Gasteiger partial charge < -0.3 is 15.2 Å². The summed E-state index contributed by atoms with van der Waals surface area (Å²) in [6.45, 7) is 5.24. The number of benzene rings is 2. The first-order chi connectivity index (χ1) is 10.6. The smallest absolute Gasteiger partial charge is 0.123 e. The number of anilines is 1. The average molecular weight is 297 g/mol. The van der Waals surface area contributed by atoms with Crippen molar-refractivity contribution in [2.45, 2.75) is 38.8 Å². The molecule has 3 heteroatoms. The largest absolute Gasteiger partial charge is 0.487 e. The van der Waals surface area contributed by atoms with Crippen LogP contribution in [-0.4, -0.2) is 17.3 Å². The molecule has 0 spiro atoms. The van der Waals surface area contributed by atoms with Crippen molar-refractivity contribution in [3.63, 3.8) is 0 Å². The number of hydrogen-bond acceptors (Lipinski definition) is 3. The molecule has 1 aliphatic rings. The van der Waals surface area contributed by atoms with E-state index in [0.29, 0.717) is 6.42 Å². The summed E-state index contributed by atoms with van der Waals surface area (Å²) >= 11 is 0. The molecular weight excluding hydrogens is 274 g/mol. The van der Waals surface area contributed by atoms with Crippen molar-refractivity contribution in [2.75, 3.05) is 11.9 Å². The summed E-state index contributed by atoms with van der Waals surface area (Å²) in [5.74, 6) is 1.02. The second-order valence-corrected chi connectivity index (χ2v) is 6.50. The van der Waals surface area contributed by atoms with Gasteiger partial charge in [-0.1, -0.05) is 24.3 Å². The van der Waals surface area contributed by atoms with Gasteiger partial charge in [-0.25, -0.2) is 0 Å². The van der Waals surface area contributed by atoms with Crippen molar-refractivity contribution in [3.8, 4) is 5.75 Å². The van der Waals surface area contributed by atoms with Gasteiger partial charge in [0.1, 0.15) is 11.4 Å². The van der Waals surface area contributed by atoms with Crippen molar-refractivity contribution >= 4 is 5.69 Å². The van der Waals surface area contributed by atoms with Crippen LogP contribution in [0, 0.1) is 0 Å². The molecule has 0 bridgehead atoms. The van der Waals surface area contributed by atoms with E-state index in [0.717, 1.165) is 30.0 Å². The zero-order valence-electron chi connectivity index (χ0n) is 13.2. The number of nitrogens with one attached hydrogen (secondary N) is 1. The highest BCUT2D eigenvalue weighted by atomic mass is 16.5. The number of aliphatic hydroxyl groups excluding tert-OH is 1. The Bertz CT molecular complexity index is 647. The third-order valence-electron chi connectivity index (χ3n) is 3.98. The van der Waals surface area contributed by atoms with Crippen LogP contribution in [0.25, 0.3) is 0 Å². The minimum absolute atomic E-state index is 0.0864. The van der Waals surface area contributed by atoms with Crippen LogP contribution in [0.2, 0.25) is 0 Å². The predicted molar refractivity (Wildman–Crippen MR) is 89.4 cm³/mol. The van der Waals surface area contributed by atoms with Crippen molar-refractivity contribution < 1.29 is 9.84 Å². The zero-order valence-corrected chi connectivity index (χ0v) is 13.2. The first kappa shape index (κ1) is 14.9. The maximum absolute atomic E-state index is 8.93. The standard InChI is InChI=1S/C19H23NO2/c1-19(2)12-16-11-15(5-8-18(16)22-19)13-20-17-6-3-14(4-7-17)9-10-21/h3-8,11,20-21H,9-10,12-13H2,1-2H3. The molecular formula is C19H23NO2. The van der Waals surface area contributed by atoms with Gasteiger partial charge in [0, 0.05) is 25.3 Å². The molecule has 0 amide bonds. The molecule has 0 aromatic heterocycles. The molecule has 0 saturated carbocycles. The topological polar surface area (TPSA) is 41.5 Å². The molecule has 0 aliphatic carbocycles. The number of aliphatic hydroxyl groups is 1. The molecule has 0 fully saturated rings. The summed E-state index contributed by atoms with van der Waals surface area (Å²) in [7, 11) is 0. The first-order valence-corrected chi connectivity index (χ1v) is 7.80. The van der Waals surface area contributed by atoms with E-state index in [4.69, 9.17) is 9.84 Å². The van der Waals surface area contributed by atoms with Crippen molar-refractivity contribution in [3.05, 3.63) is 59.2 Å². The fraction of sp³-hybridized carbons (Fsp3) is 0.368. The van der Waals surface area contributed by atoms with Gasteiger partial charge in [-0.15, -0.1) is 0 Å². The summed E-state index contributed by atoms with van der Waals surface area (Å²) in [4.78, 5) is 0. The number of ether oxygens (including phenoxy) is 1. The Labute approximate surface area is 131 Å². The lowest BCUT2D eigenvalue weighted by atomic mass is 10.0. The van der Waals surface area contributed by atoms with Gasteiger partial charge in [-0.2, -0.15) is 0 Å². The van der Waals surface area contributed by atoms with Gasteiger partial charge in [-0.3, -0.25) is 0 Å². The van der Waals surface area contributed by atoms with Crippen LogP contribution in [0.4, 0.5) is 5.69 Å². The van der Waals surface area contributed by atoms with Crippen LogP contribution in [0.15, 0.2) is 42.5 Å². The van der Waals surface area contributed by atoms with Gasteiger partial charge in [-0.05, 0) is 55.2 Å². The Kier molecular flexibility index (Phi) is 4.08. The van der Waals surface area contributed by atoms with Gasteiger partial charge in [0.25, 0.3) is 0 Å². The Hall–Kier alpha value is -2.00. The lowest BCUT2D eigenvalue weighted by Crippen LogP contribution is -2.24. The molecule has 3 nitrogen and oxygen atoms in total. The quantitative estimate of drug-likeness (QED) is 0.887. The van der Waals surface area contributed by atoms with Gasteiger partial charge in [0.2, 0.25) is 0 Å². The Balaban J connectivity index is 1.63. The first-order valence-electron chi connectivity index (χ1n) is 7.80. The van der Waals surface area contributed by atoms with Crippen molar-refractivity contribution in [1.82, 2.24) is 0 Å². The Morgan fingerprint density at radius 3 is 2.55 bits per heavy atom. The van der Waals surface area contributed by atoms with E-state index in [-0.39, 0.29) is 12.2 Å². The summed E-state index contributed by atoms with van der Waals surface area (Å²) < 4.78 is 5.91. The third kappa shape index (κ3) is 3.42. The van der Waals surface area contributed by atoms with Crippen LogP contribution >= 0.6 is 0 Å². The van der Waals surface area contributed by atoms with Crippen LogP contribution in [0.3, 0.4) is 0 Å². The van der Waals surface area contributed by atoms with Gasteiger partial charge in [0.05, 0.1) is 0 Å². The van der Waals surface area contributed by atoms with Crippen LogP contribution < -0.4 is 10.1 Å². The maximum atomic E-state index is 8.93. The molecule has 0 radical (unpaired) electrons. The lowest BCUT2D eigenvalue weighted by molar-refractivity contribution is 0.138. The minimum atomic E-state index is -0.0864. The maximum Gasteiger partial charge on any atom is 0.123 e. The molecule has 116 valence electrons. The SMILES string of the molecule is CC1(C)Cc2cc(CNc3ccc(CCO)cc3)ccc2O1. The number of fused-ring (bicyclic) bond motifs is 1. The summed E-state index contributed by atoms with van der Waals surface area (Å²) in [6.07, 6.45) is 1.67. The molecule has 1 heterocycles. The summed E-state index contributed by atoms with van der Waals surface area (Å²) in [5.41, 5.74) is 4.72. The fourth-order valence-electron chi connectivity index (χ4n) is 2.90. The van der Waals surface area contributed by atoms with Gasteiger partial charge in [0.15, 0.2) is 0 Å². The molecule has 1 aliphatic heterocycles. The third-order valence-corrected chi connectivity index (χ3v) is 3.98. The minimum Gasteiger partial charge on any atom is -0.487 e. The van der Waals surface area contributed by atoms with E-state index in [2.05, 4.69) is 61.6 Å². The Morgan fingerprint density at radius 1 is 1.09 bits per heavy atom. The highest BCUT2D eigenvalue weighted by Crippen LogP contribution is 2.35. The molecule has 0 atom stereocenters. The molecule has 3 rings (SSSR count). The Morgan fingerprint density at radius 2 is 1.82 bits per heavy atom. The van der Waals surface area contributed by atoms with Crippen LogP contribution in [-0.2, 0) is 19.4 Å². The molecule has 22 heavy (non-hydrogen) atoms. The summed E-state index contributed by atoms with van der Waals surface area (Å²) in [5, 5.41) is 12.4. The fourth-order valence-corrected chi connectivity index (χ4v) is 2.90. The highest BCUT2D eigenvalue weighted by molar-refractivity contribution is 5.47. The zero-order chi connectivity index (χ0) is 15.6. The van der Waals surface area contributed by atoms with Crippen LogP contribution in [0.1, 0.15) is 30.5 Å². The number of rotatable bonds is 5. The van der Waals surface area contributed by atoms with Crippen molar-refractivity contribution in [1.29, 1.82) is 0 Å². The molecule has 2 aromatic rings. The monoisotopic (exact) mass is 297 g/mol. The van der Waals surface area contributed by atoms with E-state index < -0.39 is 0 Å². The second-order valence-electron chi connectivity index (χ2n) is 6.50. The van der Waals surface area contributed by atoms with E-state index in [9.17, 15) is 0 Å². The van der Waals surface area contributed by atoms with Crippen molar-refractivity contribution in [2.24, 2.45) is 0 Å². The average Bonchev–Trinajstić information content (AvgIpc) is 2.80. The summed E-state index contributed by atoms with van der Waals surface area (Å²) in [6, 6.07) is 14.7. The van der Waals surface area contributed by atoms with Crippen LogP contribution in [0.5, 0.6) is 5.75 Å². The number of hydrogen-bond donors (Lipinski definition) is 2. The molecule has 2 N–H and O–H groups in total. The molecule has 0 unspecified atom stereocenters. The molecule has 0 saturated heterocycles. The normalized spacial score (nSPS) is 15.2. The predicted octanol–water partition coefficient (Wildman–Crippen LogP) is 3.55. The van der Waals surface area contributed by atoms with Gasteiger partial charge >= 0.3 is 0 Å². The van der Waals surface area contributed by atoms with E-state index in [1.54, 1.807) is 0 Å². The van der Waals surface area contributed by atoms with E-state index in [1.807, 2.05) is 0 Å². The second kappa shape index (κ2) is 6.01. The lowest BCUT2D eigenvalue weighted by Gasteiger charge is -2.16. The highest BCUT2D eigenvalue weighted by Gasteiger charge is 2.29. The van der Waals surface area contributed by atoms with E-state index >= 15 is 0 Å². The molecule has 2 aromatic carbocycles. The van der Waals surface area contributed by atoms with E-state index in [1.165, 1.54) is 11.1 Å².